The van der Waals surface area contributed by atoms with E-state index >= 15 is 0 Å². The minimum Gasteiger partial charge on any atom is -0.493 e. The molecule has 8 nitrogen and oxygen atoms in total. The molecule has 0 saturated heterocycles. The summed E-state index contributed by atoms with van der Waals surface area (Å²) in [6.07, 6.45) is 6.54. The summed E-state index contributed by atoms with van der Waals surface area (Å²) in [5.41, 5.74) is 4.34. The Balaban J connectivity index is 1.93. The molecule has 1 fully saturated rings. The van der Waals surface area contributed by atoms with Crippen LogP contribution in [0.2, 0.25) is 0 Å². The van der Waals surface area contributed by atoms with Gasteiger partial charge in [-0.25, -0.2) is 0 Å². The molecule has 0 radical (unpaired) electrons. The Labute approximate surface area is 181 Å². The molecule has 0 aliphatic heterocycles. The van der Waals surface area contributed by atoms with Crippen molar-refractivity contribution in [2.75, 3.05) is 13.7 Å². The molecule has 1 saturated carbocycles. The van der Waals surface area contributed by atoms with Crippen molar-refractivity contribution in [2.45, 2.75) is 63.8 Å². The number of hydrogen-bond donors (Lipinski definition) is 3. The highest BCUT2D eigenvalue weighted by atomic mass is 16.5. The van der Waals surface area contributed by atoms with E-state index in [1.807, 2.05) is 0 Å². The molecule has 1 aliphatic carbocycles. The summed E-state index contributed by atoms with van der Waals surface area (Å²) in [5.74, 6) is -0.219. The molecule has 0 unspecified atom stereocenters. The molecule has 3 rings (SSSR count). The number of methoxy groups -OCH3 is 1. The van der Waals surface area contributed by atoms with Crippen molar-refractivity contribution < 1.29 is 19.1 Å². The lowest BCUT2D eigenvalue weighted by Gasteiger charge is -2.35. The molecular weight excluding hydrogens is 398 g/mol. The third-order valence-electron chi connectivity index (χ3n) is 5.93. The third-order valence-corrected chi connectivity index (χ3v) is 5.93. The van der Waals surface area contributed by atoms with E-state index in [1.165, 1.54) is 13.2 Å². The van der Waals surface area contributed by atoms with E-state index in [9.17, 15) is 14.4 Å². The van der Waals surface area contributed by atoms with Crippen LogP contribution in [0.25, 0.3) is 10.9 Å². The Kier molecular flexibility index (Phi) is 7.20. The maximum Gasteiger partial charge on any atom is 0.261 e. The van der Waals surface area contributed by atoms with Crippen LogP contribution in [0.1, 0.15) is 68.6 Å². The van der Waals surface area contributed by atoms with Gasteiger partial charge in [-0.1, -0.05) is 39.0 Å². The highest BCUT2D eigenvalue weighted by Crippen LogP contribution is 2.34. The predicted molar refractivity (Wildman–Crippen MR) is 119 cm³/mol. The third kappa shape index (κ3) is 4.84. The van der Waals surface area contributed by atoms with Gasteiger partial charge in [0.25, 0.3) is 11.5 Å². The normalized spacial score (nSPS) is 15.4. The van der Waals surface area contributed by atoms with Gasteiger partial charge in [0.1, 0.15) is 11.1 Å². The number of nitrogens with one attached hydrogen (secondary N) is 2. The fourth-order valence-electron chi connectivity index (χ4n) is 4.10. The quantitative estimate of drug-likeness (QED) is 0.529. The Morgan fingerprint density at radius 1 is 1.19 bits per heavy atom. The Morgan fingerprint density at radius 2 is 1.94 bits per heavy atom. The SMILES string of the molecule is CCCCCOc1c(OC)ccc2cc(C(=O)NC3(C(N)=O)CCCCC3)c(=O)[nH]c12. The minimum atomic E-state index is -1.11. The van der Waals surface area contributed by atoms with Crippen LogP contribution in [-0.2, 0) is 4.79 Å². The zero-order valence-corrected chi connectivity index (χ0v) is 18.2. The van der Waals surface area contributed by atoms with Crippen molar-refractivity contribution in [2.24, 2.45) is 5.73 Å². The summed E-state index contributed by atoms with van der Waals surface area (Å²) in [5, 5.41) is 3.38. The Hall–Kier alpha value is -3.03. The molecule has 2 amide bonds. The predicted octanol–water partition coefficient (Wildman–Crippen LogP) is 3.02. The van der Waals surface area contributed by atoms with Crippen molar-refractivity contribution in [3.8, 4) is 11.5 Å². The maximum absolute atomic E-state index is 12.9. The summed E-state index contributed by atoms with van der Waals surface area (Å²) in [7, 11) is 1.54. The average molecular weight is 430 g/mol. The highest BCUT2D eigenvalue weighted by Gasteiger charge is 2.39. The molecule has 8 heteroatoms. The average Bonchev–Trinajstić information content (AvgIpc) is 2.76. The van der Waals surface area contributed by atoms with Gasteiger partial charge in [0.2, 0.25) is 5.91 Å². The van der Waals surface area contributed by atoms with Crippen LogP contribution in [0, 0.1) is 0 Å². The van der Waals surface area contributed by atoms with Gasteiger partial charge < -0.3 is 25.5 Å². The number of amides is 2. The lowest BCUT2D eigenvalue weighted by atomic mass is 9.81. The van der Waals surface area contributed by atoms with Crippen LogP contribution in [0.15, 0.2) is 23.0 Å². The second kappa shape index (κ2) is 9.85. The van der Waals surface area contributed by atoms with Crippen LogP contribution in [0.4, 0.5) is 0 Å². The van der Waals surface area contributed by atoms with Crippen molar-refractivity contribution >= 4 is 22.7 Å². The number of hydrogen-bond acceptors (Lipinski definition) is 5. The molecule has 168 valence electrons. The highest BCUT2D eigenvalue weighted by molar-refractivity contribution is 6.01. The molecule has 0 spiro atoms. The number of aromatic nitrogens is 1. The van der Waals surface area contributed by atoms with Gasteiger partial charge in [0.15, 0.2) is 11.5 Å². The second-order valence-corrected chi connectivity index (χ2v) is 8.09. The molecule has 31 heavy (non-hydrogen) atoms. The van der Waals surface area contributed by atoms with Crippen molar-refractivity contribution in [3.05, 3.63) is 34.1 Å². The number of carbonyl (C=O) groups excluding carboxylic acids is 2. The standard InChI is InChI=1S/C23H31N3O5/c1-3-4-8-13-31-19-17(30-2)10-9-15-14-16(20(27)25-18(15)19)21(28)26-23(22(24)29)11-6-5-7-12-23/h9-10,14H,3-8,11-13H2,1-2H3,(H2,24,29)(H,25,27)(H,26,28). The molecule has 1 aromatic carbocycles. The summed E-state index contributed by atoms with van der Waals surface area (Å²) in [4.78, 5) is 40.6. The first-order chi connectivity index (χ1) is 14.9. The van der Waals surface area contributed by atoms with E-state index in [1.54, 1.807) is 12.1 Å². The first kappa shape index (κ1) is 22.7. The molecular formula is C23H31N3O5. The van der Waals surface area contributed by atoms with Crippen LogP contribution in [-0.4, -0.2) is 36.1 Å². The first-order valence-corrected chi connectivity index (χ1v) is 10.9. The Bertz CT molecular complexity index is 1010. The number of pyridine rings is 1. The van der Waals surface area contributed by atoms with Gasteiger partial charge in [-0.05, 0) is 37.5 Å². The van der Waals surface area contributed by atoms with E-state index in [0.717, 1.165) is 38.5 Å². The zero-order valence-electron chi connectivity index (χ0n) is 18.2. The minimum absolute atomic E-state index is 0.0687. The number of fused-ring (bicyclic) bond motifs is 1. The number of rotatable bonds is 9. The summed E-state index contributed by atoms with van der Waals surface area (Å²) >= 11 is 0. The summed E-state index contributed by atoms with van der Waals surface area (Å²) < 4.78 is 11.3. The van der Waals surface area contributed by atoms with Crippen LogP contribution >= 0.6 is 0 Å². The number of nitrogens with two attached hydrogens (primary N) is 1. The van der Waals surface area contributed by atoms with Crippen molar-refractivity contribution in [3.63, 3.8) is 0 Å². The second-order valence-electron chi connectivity index (χ2n) is 8.09. The molecule has 4 N–H and O–H groups in total. The number of aromatic amines is 1. The number of unbranched alkanes of at least 4 members (excludes halogenated alkanes) is 2. The van der Waals surface area contributed by atoms with Gasteiger partial charge in [0.05, 0.1) is 19.2 Å². The van der Waals surface area contributed by atoms with E-state index in [-0.39, 0.29) is 5.56 Å². The van der Waals surface area contributed by atoms with Gasteiger partial charge >= 0.3 is 0 Å². The topological polar surface area (TPSA) is 124 Å². The van der Waals surface area contributed by atoms with Crippen molar-refractivity contribution in [1.29, 1.82) is 0 Å². The lowest BCUT2D eigenvalue weighted by Crippen LogP contribution is -2.58. The first-order valence-electron chi connectivity index (χ1n) is 10.9. The van der Waals surface area contributed by atoms with E-state index < -0.39 is 22.9 Å². The van der Waals surface area contributed by atoms with Crippen LogP contribution < -0.4 is 26.1 Å². The van der Waals surface area contributed by atoms with E-state index in [0.29, 0.717) is 41.9 Å². The molecule has 1 aliphatic rings. The maximum atomic E-state index is 12.9. The number of primary amides is 1. The Morgan fingerprint density at radius 3 is 2.58 bits per heavy atom. The van der Waals surface area contributed by atoms with Gasteiger partial charge in [-0.15, -0.1) is 0 Å². The smallest absolute Gasteiger partial charge is 0.261 e. The van der Waals surface area contributed by atoms with E-state index in [2.05, 4.69) is 17.2 Å². The lowest BCUT2D eigenvalue weighted by molar-refractivity contribution is -0.125. The molecule has 0 bridgehead atoms. The van der Waals surface area contributed by atoms with Crippen LogP contribution in [0.5, 0.6) is 11.5 Å². The van der Waals surface area contributed by atoms with Crippen molar-refractivity contribution in [1.82, 2.24) is 10.3 Å². The molecule has 2 aromatic rings. The summed E-state index contributed by atoms with van der Waals surface area (Å²) in [6, 6.07) is 5.01. The van der Waals surface area contributed by atoms with E-state index in [4.69, 9.17) is 15.2 Å². The monoisotopic (exact) mass is 429 g/mol. The number of ether oxygens (including phenoxy) is 2. The molecule has 1 heterocycles. The number of benzene rings is 1. The van der Waals surface area contributed by atoms with Gasteiger partial charge in [-0.2, -0.15) is 0 Å². The van der Waals surface area contributed by atoms with Crippen LogP contribution in [0.3, 0.4) is 0 Å². The fourth-order valence-corrected chi connectivity index (χ4v) is 4.10. The fraction of sp³-hybridized carbons (Fsp3) is 0.522. The molecule has 1 aromatic heterocycles. The molecule has 0 atom stereocenters. The number of carbonyl (C=O) groups is 2. The number of H-pyrrole nitrogens is 1. The zero-order chi connectivity index (χ0) is 22.4. The van der Waals surface area contributed by atoms with Gasteiger partial charge in [-0.3, -0.25) is 14.4 Å². The largest absolute Gasteiger partial charge is 0.493 e. The van der Waals surface area contributed by atoms with Gasteiger partial charge in [0, 0.05) is 5.39 Å². The summed E-state index contributed by atoms with van der Waals surface area (Å²) in [6.45, 7) is 2.60.